The second-order valence-corrected chi connectivity index (χ2v) is 4.69. The first kappa shape index (κ1) is 12.9. The predicted octanol–water partition coefficient (Wildman–Crippen LogP) is 1.06. The fourth-order valence-corrected chi connectivity index (χ4v) is 1.99. The molecule has 0 aliphatic carbocycles. The Kier molecular flexibility index (Phi) is 6.22. The van der Waals surface area contributed by atoms with Crippen LogP contribution in [0.4, 0.5) is 0 Å². The molecule has 0 radical (unpaired) electrons. The van der Waals surface area contributed by atoms with E-state index in [0.29, 0.717) is 6.04 Å². The summed E-state index contributed by atoms with van der Waals surface area (Å²) in [6.07, 6.45) is 2.49. The van der Waals surface area contributed by atoms with Gasteiger partial charge in [-0.05, 0) is 33.2 Å². The third kappa shape index (κ3) is 4.96. The fourth-order valence-electron chi connectivity index (χ4n) is 1.99. The van der Waals surface area contributed by atoms with Gasteiger partial charge in [0.1, 0.15) is 0 Å². The molecule has 0 spiro atoms. The van der Waals surface area contributed by atoms with Gasteiger partial charge in [-0.15, -0.1) is 0 Å². The first-order valence-corrected chi connectivity index (χ1v) is 6.42. The van der Waals surface area contributed by atoms with E-state index in [1.807, 2.05) is 0 Å². The molecular weight excluding hydrogens is 186 g/mol. The third-order valence-electron chi connectivity index (χ3n) is 3.44. The summed E-state index contributed by atoms with van der Waals surface area (Å²) in [6, 6.07) is 1.39. The maximum absolute atomic E-state index is 3.56. The highest BCUT2D eigenvalue weighted by Gasteiger charge is 2.15. The van der Waals surface area contributed by atoms with Crippen molar-refractivity contribution in [2.45, 2.75) is 45.7 Å². The highest BCUT2D eigenvalue weighted by Crippen LogP contribution is 2.04. The number of rotatable bonds is 6. The van der Waals surface area contributed by atoms with Crippen LogP contribution < -0.4 is 10.6 Å². The van der Waals surface area contributed by atoms with Crippen LogP contribution in [0.15, 0.2) is 0 Å². The van der Waals surface area contributed by atoms with Gasteiger partial charge in [0.2, 0.25) is 0 Å². The maximum Gasteiger partial charge on any atom is 0.0110 e. The van der Waals surface area contributed by atoms with Gasteiger partial charge in [0, 0.05) is 38.3 Å². The molecule has 2 atom stereocenters. The molecule has 2 unspecified atom stereocenters. The molecule has 1 heterocycles. The Balaban J connectivity index is 2.09. The molecule has 0 amide bonds. The van der Waals surface area contributed by atoms with Gasteiger partial charge in [-0.3, -0.25) is 4.90 Å². The summed E-state index contributed by atoms with van der Waals surface area (Å²) in [5, 5.41) is 6.96. The van der Waals surface area contributed by atoms with Crippen LogP contribution >= 0.6 is 0 Å². The summed E-state index contributed by atoms with van der Waals surface area (Å²) in [6.45, 7) is 12.7. The Hall–Kier alpha value is -0.120. The first-order valence-electron chi connectivity index (χ1n) is 6.42. The van der Waals surface area contributed by atoms with E-state index in [0.717, 1.165) is 25.7 Å². The summed E-state index contributed by atoms with van der Waals surface area (Å²) < 4.78 is 0. The molecule has 0 aromatic carbocycles. The van der Waals surface area contributed by atoms with Crippen molar-refractivity contribution in [3.63, 3.8) is 0 Å². The molecule has 1 saturated heterocycles. The Morgan fingerprint density at radius 1 is 1.27 bits per heavy atom. The topological polar surface area (TPSA) is 27.3 Å². The fraction of sp³-hybridized carbons (Fsp3) is 1.00. The molecule has 90 valence electrons. The molecular formula is C12H27N3. The predicted molar refractivity (Wildman–Crippen MR) is 66.3 cm³/mol. The van der Waals surface area contributed by atoms with Crippen LogP contribution in [-0.4, -0.2) is 49.7 Å². The highest BCUT2D eigenvalue weighted by molar-refractivity contribution is 4.74. The Bertz CT molecular complexity index is 155. The monoisotopic (exact) mass is 213 g/mol. The zero-order valence-corrected chi connectivity index (χ0v) is 10.6. The summed E-state index contributed by atoms with van der Waals surface area (Å²) in [7, 11) is 0. The lowest BCUT2D eigenvalue weighted by Gasteiger charge is -2.33. The van der Waals surface area contributed by atoms with Gasteiger partial charge in [-0.1, -0.05) is 6.92 Å². The van der Waals surface area contributed by atoms with Gasteiger partial charge in [0.05, 0.1) is 0 Å². The first-order chi connectivity index (χ1) is 7.24. The van der Waals surface area contributed by atoms with Crippen LogP contribution in [0.2, 0.25) is 0 Å². The largest absolute Gasteiger partial charge is 0.314 e. The van der Waals surface area contributed by atoms with E-state index in [1.54, 1.807) is 0 Å². The lowest BCUT2D eigenvalue weighted by molar-refractivity contribution is 0.175. The van der Waals surface area contributed by atoms with Crippen molar-refractivity contribution in [3.8, 4) is 0 Å². The molecule has 1 fully saturated rings. The number of hydrogen-bond acceptors (Lipinski definition) is 3. The number of nitrogens with one attached hydrogen (secondary N) is 2. The minimum atomic E-state index is 0.667. The van der Waals surface area contributed by atoms with Gasteiger partial charge >= 0.3 is 0 Å². The van der Waals surface area contributed by atoms with Crippen molar-refractivity contribution in [2.24, 2.45) is 0 Å². The van der Waals surface area contributed by atoms with Crippen molar-refractivity contribution in [3.05, 3.63) is 0 Å². The summed E-state index contributed by atoms with van der Waals surface area (Å²) in [5.41, 5.74) is 0. The summed E-state index contributed by atoms with van der Waals surface area (Å²) in [4.78, 5) is 2.59. The molecule has 0 aromatic rings. The number of hydrogen-bond donors (Lipinski definition) is 2. The van der Waals surface area contributed by atoms with E-state index in [1.165, 1.54) is 25.9 Å². The smallest absolute Gasteiger partial charge is 0.0110 e. The van der Waals surface area contributed by atoms with Crippen molar-refractivity contribution in [1.82, 2.24) is 15.5 Å². The van der Waals surface area contributed by atoms with Gasteiger partial charge in [-0.2, -0.15) is 0 Å². The average Bonchev–Trinajstić information content (AvgIpc) is 2.29. The molecule has 15 heavy (non-hydrogen) atoms. The lowest BCUT2D eigenvalue weighted by Crippen LogP contribution is -2.48. The van der Waals surface area contributed by atoms with Crippen LogP contribution in [0.25, 0.3) is 0 Å². The van der Waals surface area contributed by atoms with Crippen LogP contribution in [0.3, 0.4) is 0 Å². The SMILES string of the molecule is CCC(C)NCCC(C)N1CCNCC1. The van der Waals surface area contributed by atoms with Crippen LogP contribution in [0.5, 0.6) is 0 Å². The van der Waals surface area contributed by atoms with E-state index >= 15 is 0 Å². The van der Waals surface area contributed by atoms with Crippen molar-refractivity contribution in [1.29, 1.82) is 0 Å². The summed E-state index contributed by atoms with van der Waals surface area (Å²) >= 11 is 0. The molecule has 1 aliphatic heterocycles. The van der Waals surface area contributed by atoms with E-state index in [-0.39, 0.29) is 0 Å². The van der Waals surface area contributed by atoms with Gasteiger partial charge in [0.15, 0.2) is 0 Å². The maximum atomic E-state index is 3.56. The van der Waals surface area contributed by atoms with Crippen LogP contribution in [-0.2, 0) is 0 Å². The molecule has 3 nitrogen and oxygen atoms in total. The van der Waals surface area contributed by atoms with E-state index in [2.05, 4.69) is 36.3 Å². The minimum absolute atomic E-state index is 0.667. The second-order valence-electron chi connectivity index (χ2n) is 4.69. The molecule has 2 N–H and O–H groups in total. The highest BCUT2D eigenvalue weighted by atomic mass is 15.2. The molecule has 0 aromatic heterocycles. The molecule has 1 rings (SSSR count). The van der Waals surface area contributed by atoms with E-state index < -0.39 is 0 Å². The quantitative estimate of drug-likeness (QED) is 0.691. The van der Waals surface area contributed by atoms with Crippen molar-refractivity contribution in [2.75, 3.05) is 32.7 Å². The summed E-state index contributed by atoms with van der Waals surface area (Å²) in [5.74, 6) is 0. The van der Waals surface area contributed by atoms with E-state index in [4.69, 9.17) is 0 Å². The third-order valence-corrected chi connectivity index (χ3v) is 3.44. The van der Waals surface area contributed by atoms with Gasteiger partial charge in [0.25, 0.3) is 0 Å². The zero-order chi connectivity index (χ0) is 11.1. The standard InChI is InChI=1S/C12H27N3/c1-4-11(2)14-6-5-12(3)15-9-7-13-8-10-15/h11-14H,4-10H2,1-3H3. The van der Waals surface area contributed by atoms with E-state index in [9.17, 15) is 0 Å². The Morgan fingerprint density at radius 3 is 2.53 bits per heavy atom. The van der Waals surface area contributed by atoms with Gasteiger partial charge in [-0.25, -0.2) is 0 Å². The van der Waals surface area contributed by atoms with Crippen molar-refractivity contribution < 1.29 is 0 Å². The Morgan fingerprint density at radius 2 is 1.93 bits per heavy atom. The molecule has 1 aliphatic rings. The average molecular weight is 213 g/mol. The Labute approximate surface area is 94.6 Å². The number of piperazine rings is 1. The second kappa shape index (κ2) is 7.20. The van der Waals surface area contributed by atoms with Crippen molar-refractivity contribution >= 4 is 0 Å². The molecule has 0 saturated carbocycles. The zero-order valence-electron chi connectivity index (χ0n) is 10.6. The molecule has 0 bridgehead atoms. The normalized spacial score (nSPS) is 22.6. The minimum Gasteiger partial charge on any atom is -0.314 e. The number of nitrogens with zero attached hydrogens (tertiary/aromatic N) is 1. The molecule has 3 heteroatoms. The van der Waals surface area contributed by atoms with Crippen LogP contribution in [0, 0.1) is 0 Å². The lowest BCUT2D eigenvalue weighted by atomic mass is 10.1. The van der Waals surface area contributed by atoms with Crippen LogP contribution in [0.1, 0.15) is 33.6 Å². The van der Waals surface area contributed by atoms with Gasteiger partial charge < -0.3 is 10.6 Å².